The zero-order chi connectivity index (χ0) is 22.7. The molecule has 1 amide bonds. The predicted octanol–water partition coefficient (Wildman–Crippen LogP) is 4.17. The van der Waals surface area contributed by atoms with Crippen molar-refractivity contribution in [2.24, 2.45) is 0 Å². The molecule has 1 atom stereocenters. The van der Waals surface area contributed by atoms with Gasteiger partial charge in [-0.25, -0.2) is 4.98 Å². The van der Waals surface area contributed by atoms with Crippen LogP contribution < -0.4 is 4.74 Å². The highest BCUT2D eigenvalue weighted by atomic mass is 79.9. The second-order valence-corrected chi connectivity index (χ2v) is 8.34. The van der Waals surface area contributed by atoms with E-state index in [0.29, 0.717) is 30.8 Å². The van der Waals surface area contributed by atoms with Gasteiger partial charge in [-0.2, -0.15) is 0 Å². The van der Waals surface area contributed by atoms with Crippen molar-refractivity contribution < 1.29 is 19.4 Å². The number of imidazole rings is 1. The number of likely N-dealkylation sites (tertiary alicyclic amines) is 1. The average molecular weight is 496 g/mol. The van der Waals surface area contributed by atoms with Crippen molar-refractivity contribution >= 4 is 33.4 Å². The molecule has 8 heteroatoms. The first kappa shape index (κ1) is 21.8. The molecular weight excluding hydrogens is 474 g/mol. The molecule has 4 rings (SSSR count). The number of aliphatic hydroxyl groups excluding tert-OH is 1. The number of hydrogen-bond donors (Lipinski definition) is 1. The number of rotatable bonds is 7. The summed E-state index contributed by atoms with van der Waals surface area (Å²) >= 11 is 3.37. The minimum absolute atomic E-state index is 0.0881. The number of benzene rings is 2. The number of nitrogens with zero attached hydrogens (tertiary/aromatic N) is 3. The molecule has 1 saturated heterocycles. The molecule has 1 fully saturated rings. The fraction of sp³-hybridized carbons (Fsp3) is 0.208. The third-order valence-electron chi connectivity index (χ3n) is 5.46. The normalized spacial score (nSPS) is 17.7. The Kier molecular flexibility index (Phi) is 6.41. The van der Waals surface area contributed by atoms with Crippen molar-refractivity contribution in [1.29, 1.82) is 0 Å². The Balaban J connectivity index is 1.72. The van der Waals surface area contributed by atoms with E-state index in [1.165, 1.54) is 4.90 Å². The Morgan fingerprint density at radius 2 is 1.81 bits per heavy atom. The SMILES string of the molecule is COc1ccc(C2/C(=C(/O)c3ccc(Br)cc3)C(=O)C(=O)N2CCCn2ccnc2)cc1. The summed E-state index contributed by atoms with van der Waals surface area (Å²) < 4.78 is 8.01. The van der Waals surface area contributed by atoms with E-state index in [1.54, 1.807) is 56.0 Å². The molecule has 0 bridgehead atoms. The summed E-state index contributed by atoms with van der Waals surface area (Å²) in [6.07, 6.45) is 5.89. The number of aryl methyl sites for hydroxylation is 1. The summed E-state index contributed by atoms with van der Waals surface area (Å²) in [6.45, 7) is 1.02. The number of methoxy groups -OCH3 is 1. The molecule has 1 unspecified atom stereocenters. The fourth-order valence-electron chi connectivity index (χ4n) is 3.85. The van der Waals surface area contributed by atoms with E-state index in [4.69, 9.17) is 4.74 Å². The van der Waals surface area contributed by atoms with E-state index >= 15 is 0 Å². The lowest BCUT2D eigenvalue weighted by molar-refractivity contribution is -0.139. The number of aliphatic hydroxyl groups is 1. The molecule has 2 aromatic carbocycles. The molecule has 32 heavy (non-hydrogen) atoms. The maximum atomic E-state index is 13.0. The van der Waals surface area contributed by atoms with E-state index < -0.39 is 17.7 Å². The standard InChI is InChI=1S/C24H22BrN3O4/c1-32-19-9-5-16(6-10-19)21-20(22(29)17-3-7-18(25)8-4-17)23(30)24(31)28(21)13-2-12-27-14-11-26-15-27/h3-11,14-15,21,29H,2,12-13H2,1H3/b22-20-. The van der Waals surface area contributed by atoms with Crippen LogP contribution in [0.5, 0.6) is 5.75 Å². The van der Waals surface area contributed by atoms with Gasteiger partial charge in [0, 0.05) is 35.5 Å². The maximum Gasteiger partial charge on any atom is 0.295 e. The number of ether oxygens (including phenoxy) is 1. The highest BCUT2D eigenvalue weighted by Gasteiger charge is 2.45. The number of aromatic nitrogens is 2. The van der Waals surface area contributed by atoms with Crippen molar-refractivity contribution in [1.82, 2.24) is 14.5 Å². The molecule has 0 radical (unpaired) electrons. The molecule has 0 spiro atoms. The molecule has 2 heterocycles. The van der Waals surface area contributed by atoms with Gasteiger partial charge < -0.3 is 19.3 Å². The van der Waals surface area contributed by atoms with Crippen molar-refractivity contribution in [3.63, 3.8) is 0 Å². The number of carbonyl (C=O) groups excluding carboxylic acids is 2. The largest absolute Gasteiger partial charge is 0.507 e. The molecule has 0 saturated carbocycles. The molecule has 0 aliphatic carbocycles. The second-order valence-electron chi connectivity index (χ2n) is 7.43. The quantitative estimate of drug-likeness (QED) is 0.302. The van der Waals surface area contributed by atoms with Gasteiger partial charge in [0.1, 0.15) is 11.5 Å². The van der Waals surface area contributed by atoms with E-state index in [-0.39, 0.29) is 11.3 Å². The molecule has 1 N–H and O–H groups in total. The van der Waals surface area contributed by atoms with Crippen LogP contribution in [0.2, 0.25) is 0 Å². The van der Waals surface area contributed by atoms with Crippen molar-refractivity contribution in [2.75, 3.05) is 13.7 Å². The highest BCUT2D eigenvalue weighted by Crippen LogP contribution is 2.40. The highest BCUT2D eigenvalue weighted by molar-refractivity contribution is 9.10. The molecule has 1 aromatic heterocycles. The van der Waals surface area contributed by atoms with Crippen LogP contribution in [0.4, 0.5) is 0 Å². The number of ketones is 1. The van der Waals surface area contributed by atoms with Crippen LogP contribution in [0.1, 0.15) is 23.6 Å². The van der Waals surface area contributed by atoms with Gasteiger partial charge in [-0.15, -0.1) is 0 Å². The van der Waals surface area contributed by atoms with Crippen molar-refractivity contribution in [3.8, 4) is 5.75 Å². The number of hydrogen-bond acceptors (Lipinski definition) is 5. The first-order chi connectivity index (χ1) is 15.5. The van der Waals surface area contributed by atoms with E-state index in [0.717, 1.165) is 10.0 Å². The minimum atomic E-state index is -0.688. The summed E-state index contributed by atoms with van der Waals surface area (Å²) in [5.74, 6) is -0.823. The zero-order valence-electron chi connectivity index (χ0n) is 17.4. The Morgan fingerprint density at radius 3 is 2.44 bits per heavy atom. The minimum Gasteiger partial charge on any atom is -0.507 e. The van der Waals surface area contributed by atoms with Gasteiger partial charge in [-0.3, -0.25) is 9.59 Å². The number of amides is 1. The van der Waals surface area contributed by atoms with Gasteiger partial charge in [0.25, 0.3) is 11.7 Å². The third-order valence-corrected chi connectivity index (χ3v) is 5.99. The zero-order valence-corrected chi connectivity index (χ0v) is 19.0. The Morgan fingerprint density at radius 1 is 1.09 bits per heavy atom. The first-order valence-electron chi connectivity index (χ1n) is 10.1. The lowest BCUT2D eigenvalue weighted by atomic mass is 9.95. The first-order valence-corrected chi connectivity index (χ1v) is 10.9. The Bertz CT molecular complexity index is 1140. The number of Topliss-reactive ketones (excluding diaryl/α,β-unsaturated/α-hetero) is 1. The fourth-order valence-corrected chi connectivity index (χ4v) is 4.11. The number of halogens is 1. The Labute approximate surface area is 194 Å². The summed E-state index contributed by atoms with van der Waals surface area (Å²) in [7, 11) is 1.57. The second kappa shape index (κ2) is 9.40. The smallest absolute Gasteiger partial charge is 0.295 e. The summed E-state index contributed by atoms with van der Waals surface area (Å²) in [5, 5.41) is 11.1. The molecular formula is C24H22BrN3O4. The van der Waals surface area contributed by atoms with Gasteiger partial charge in [-0.1, -0.05) is 40.2 Å². The van der Waals surface area contributed by atoms with Crippen molar-refractivity contribution in [3.05, 3.63) is 88.4 Å². The van der Waals surface area contributed by atoms with E-state index in [1.807, 2.05) is 22.9 Å². The topological polar surface area (TPSA) is 84.7 Å². The molecule has 3 aromatic rings. The number of carbonyl (C=O) groups is 2. The summed E-state index contributed by atoms with van der Waals surface area (Å²) in [6, 6.07) is 13.5. The van der Waals surface area contributed by atoms with Crippen molar-refractivity contribution in [2.45, 2.75) is 19.0 Å². The van der Waals surface area contributed by atoms with Gasteiger partial charge in [0.05, 0.1) is 25.1 Å². The van der Waals surface area contributed by atoms with Gasteiger partial charge in [0.2, 0.25) is 0 Å². The van der Waals surface area contributed by atoms with Crippen LogP contribution in [0.15, 0.2) is 77.3 Å². The predicted molar refractivity (Wildman–Crippen MR) is 123 cm³/mol. The summed E-state index contributed by atoms with van der Waals surface area (Å²) in [4.78, 5) is 31.6. The lowest BCUT2D eigenvalue weighted by Gasteiger charge is -2.25. The van der Waals surface area contributed by atoms with Crippen LogP contribution in [0.3, 0.4) is 0 Å². The van der Waals surface area contributed by atoms with Crippen LogP contribution in [-0.2, 0) is 16.1 Å². The van der Waals surface area contributed by atoms with E-state index in [2.05, 4.69) is 20.9 Å². The average Bonchev–Trinajstić information content (AvgIpc) is 3.41. The van der Waals surface area contributed by atoms with Crippen LogP contribution in [-0.4, -0.2) is 44.9 Å². The summed E-state index contributed by atoms with van der Waals surface area (Å²) in [5.41, 5.74) is 1.29. The lowest BCUT2D eigenvalue weighted by Crippen LogP contribution is -2.31. The van der Waals surface area contributed by atoms with E-state index in [9.17, 15) is 14.7 Å². The van der Waals surface area contributed by atoms with Gasteiger partial charge >= 0.3 is 0 Å². The molecule has 7 nitrogen and oxygen atoms in total. The molecule has 164 valence electrons. The maximum absolute atomic E-state index is 13.0. The monoisotopic (exact) mass is 495 g/mol. The van der Waals surface area contributed by atoms with Crippen LogP contribution in [0.25, 0.3) is 5.76 Å². The molecule has 1 aliphatic heterocycles. The van der Waals surface area contributed by atoms with Gasteiger partial charge in [0.15, 0.2) is 0 Å². The van der Waals surface area contributed by atoms with Crippen LogP contribution >= 0.6 is 15.9 Å². The van der Waals surface area contributed by atoms with Gasteiger partial charge in [-0.05, 0) is 36.2 Å². The molecule has 1 aliphatic rings. The Hall–Kier alpha value is -3.39. The van der Waals surface area contributed by atoms with Crippen LogP contribution in [0, 0.1) is 0 Å². The third kappa shape index (κ3) is 4.31.